The van der Waals surface area contributed by atoms with Gasteiger partial charge in [0.05, 0.1) is 0 Å². The molecule has 0 spiro atoms. The van der Waals surface area contributed by atoms with E-state index in [1.807, 2.05) is 0 Å². The monoisotopic (exact) mass is 182 g/mol. The van der Waals surface area contributed by atoms with Crippen molar-refractivity contribution in [3.63, 3.8) is 0 Å². The van der Waals surface area contributed by atoms with Gasteiger partial charge in [-0.1, -0.05) is 13.3 Å². The lowest BCUT2D eigenvalue weighted by Gasteiger charge is -2.45. The van der Waals surface area contributed by atoms with E-state index in [0.717, 1.165) is 24.4 Å². The summed E-state index contributed by atoms with van der Waals surface area (Å²) in [6, 6.07) is 1.28. The van der Waals surface area contributed by atoms with E-state index >= 15 is 0 Å². The summed E-state index contributed by atoms with van der Waals surface area (Å²) in [6.07, 6.45) is 6.76. The van der Waals surface area contributed by atoms with Crippen LogP contribution in [-0.4, -0.2) is 18.6 Å². The summed E-state index contributed by atoms with van der Waals surface area (Å²) in [6.45, 7) is 3.33. The zero-order valence-corrected chi connectivity index (χ0v) is 8.63. The zero-order chi connectivity index (χ0) is 9.26. The quantitative estimate of drug-likeness (QED) is 0.679. The van der Waals surface area contributed by atoms with Crippen molar-refractivity contribution < 1.29 is 0 Å². The summed E-state index contributed by atoms with van der Waals surface area (Å²) >= 11 is 0. The lowest BCUT2D eigenvalue weighted by Crippen LogP contribution is -2.52. The van der Waals surface area contributed by atoms with Crippen LogP contribution in [0.5, 0.6) is 0 Å². The Morgan fingerprint density at radius 1 is 1.23 bits per heavy atom. The molecule has 0 aromatic heterocycles. The minimum atomic E-state index is 0.491. The highest BCUT2D eigenvalue weighted by atomic mass is 14.9. The molecular formula is C11H22N2. The first kappa shape index (κ1) is 9.47. The van der Waals surface area contributed by atoms with Gasteiger partial charge < -0.3 is 11.1 Å². The van der Waals surface area contributed by atoms with Crippen LogP contribution in [-0.2, 0) is 0 Å². The van der Waals surface area contributed by atoms with Gasteiger partial charge in [0.25, 0.3) is 0 Å². The van der Waals surface area contributed by atoms with Crippen LogP contribution in [0.4, 0.5) is 0 Å². The average Bonchev–Trinajstić information content (AvgIpc) is 2.07. The van der Waals surface area contributed by atoms with E-state index in [1.165, 1.54) is 32.1 Å². The lowest BCUT2D eigenvalue weighted by molar-refractivity contribution is 0.111. The Morgan fingerprint density at radius 2 is 1.85 bits per heavy atom. The molecule has 2 aliphatic rings. The van der Waals surface area contributed by atoms with Gasteiger partial charge in [0, 0.05) is 12.1 Å². The molecule has 2 nitrogen and oxygen atoms in total. The topological polar surface area (TPSA) is 38.0 Å². The molecule has 0 aromatic carbocycles. The number of hydrogen-bond donors (Lipinski definition) is 2. The second-order valence-corrected chi connectivity index (χ2v) is 4.77. The van der Waals surface area contributed by atoms with Crippen molar-refractivity contribution in [1.82, 2.24) is 5.32 Å². The third-order valence-corrected chi connectivity index (χ3v) is 3.82. The van der Waals surface area contributed by atoms with E-state index in [1.54, 1.807) is 0 Å². The van der Waals surface area contributed by atoms with Gasteiger partial charge in [0.2, 0.25) is 0 Å². The molecule has 0 aromatic rings. The molecule has 2 fully saturated rings. The fourth-order valence-corrected chi connectivity index (χ4v) is 3.36. The van der Waals surface area contributed by atoms with Crippen molar-refractivity contribution in [3.8, 4) is 0 Å². The van der Waals surface area contributed by atoms with E-state index < -0.39 is 0 Å². The van der Waals surface area contributed by atoms with Crippen LogP contribution in [0.2, 0.25) is 0 Å². The summed E-state index contributed by atoms with van der Waals surface area (Å²) in [7, 11) is 0. The first-order valence-electron chi connectivity index (χ1n) is 5.80. The number of fused-ring (bicyclic) bond motifs is 2. The molecule has 0 saturated heterocycles. The molecule has 0 heterocycles. The van der Waals surface area contributed by atoms with Crippen LogP contribution in [0, 0.1) is 11.8 Å². The van der Waals surface area contributed by atoms with E-state index in [9.17, 15) is 0 Å². The second-order valence-electron chi connectivity index (χ2n) is 4.77. The van der Waals surface area contributed by atoms with Gasteiger partial charge in [0.1, 0.15) is 0 Å². The Labute approximate surface area is 81.3 Å². The Bertz CT molecular complexity index is 155. The second kappa shape index (κ2) is 3.97. The summed E-state index contributed by atoms with van der Waals surface area (Å²) in [5.74, 6) is 1.75. The van der Waals surface area contributed by atoms with Crippen LogP contribution in [0.15, 0.2) is 0 Å². The van der Waals surface area contributed by atoms with Gasteiger partial charge in [-0.15, -0.1) is 0 Å². The normalized spacial score (nSPS) is 44.8. The Balaban J connectivity index is 2.01. The molecule has 0 amide bonds. The lowest BCUT2D eigenvalue weighted by atomic mass is 9.67. The maximum atomic E-state index is 6.06. The van der Waals surface area contributed by atoms with Gasteiger partial charge in [-0.3, -0.25) is 0 Å². The largest absolute Gasteiger partial charge is 0.328 e. The summed E-state index contributed by atoms with van der Waals surface area (Å²) in [5.41, 5.74) is 6.06. The van der Waals surface area contributed by atoms with E-state index in [4.69, 9.17) is 5.73 Å². The smallest absolute Gasteiger partial charge is 0.0125 e. The fraction of sp³-hybridized carbons (Fsp3) is 1.00. The molecule has 2 aliphatic carbocycles. The molecule has 0 aliphatic heterocycles. The van der Waals surface area contributed by atoms with E-state index in [-0.39, 0.29) is 0 Å². The maximum absolute atomic E-state index is 6.06. The van der Waals surface area contributed by atoms with Crippen molar-refractivity contribution in [2.24, 2.45) is 17.6 Å². The molecule has 2 rings (SSSR count). The van der Waals surface area contributed by atoms with Gasteiger partial charge in [0.15, 0.2) is 0 Å². The van der Waals surface area contributed by atoms with Crippen molar-refractivity contribution in [2.45, 2.75) is 51.1 Å². The summed E-state index contributed by atoms with van der Waals surface area (Å²) in [4.78, 5) is 0. The van der Waals surface area contributed by atoms with Gasteiger partial charge in [-0.2, -0.15) is 0 Å². The number of nitrogens with one attached hydrogen (secondary N) is 1. The number of nitrogens with two attached hydrogens (primary N) is 1. The first-order chi connectivity index (χ1) is 6.31. The molecular weight excluding hydrogens is 160 g/mol. The Morgan fingerprint density at radius 3 is 2.38 bits per heavy atom. The van der Waals surface area contributed by atoms with E-state index in [0.29, 0.717) is 6.04 Å². The highest BCUT2D eigenvalue weighted by Gasteiger charge is 2.38. The van der Waals surface area contributed by atoms with Gasteiger partial charge in [-0.05, 0) is 44.1 Å². The maximum Gasteiger partial charge on any atom is 0.0125 e. The number of rotatable bonds is 2. The third kappa shape index (κ3) is 1.89. The van der Waals surface area contributed by atoms with Crippen molar-refractivity contribution in [3.05, 3.63) is 0 Å². The highest BCUT2D eigenvalue weighted by molar-refractivity contribution is 4.95. The van der Waals surface area contributed by atoms with Crippen LogP contribution in [0.1, 0.15) is 39.0 Å². The standard InChI is InChI=1S/C11H22N2/c1-2-13-11-8-4-3-5-9(11)7-10(12)6-8/h8-11,13H,2-7,12H2,1H3. The molecule has 3 N–H and O–H groups in total. The third-order valence-electron chi connectivity index (χ3n) is 3.82. The summed E-state index contributed by atoms with van der Waals surface area (Å²) < 4.78 is 0. The molecule has 2 heteroatoms. The number of hydrogen-bond acceptors (Lipinski definition) is 2. The zero-order valence-electron chi connectivity index (χ0n) is 8.63. The van der Waals surface area contributed by atoms with Crippen LogP contribution < -0.4 is 11.1 Å². The molecule has 13 heavy (non-hydrogen) atoms. The van der Waals surface area contributed by atoms with Crippen LogP contribution >= 0.6 is 0 Å². The Hall–Kier alpha value is -0.0800. The van der Waals surface area contributed by atoms with Crippen molar-refractivity contribution in [1.29, 1.82) is 0 Å². The van der Waals surface area contributed by atoms with Crippen molar-refractivity contribution >= 4 is 0 Å². The summed E-state index contributed by atoms with van der Waals surface area (Å²) in [5, 5.41) is 3.65. The van der Waals surface area contributed by atoms with Gasteiger partial charge >= 0.3 is 0 Å². The molecule has 2 atom stereocenters. The SMILES string of the molecule is CCNC1C2CCCC1CC(N)C2. The molecule has 2 bridgehead atoms. The predicted octanol–water partition coefficient (Wildman–Crippen LogP) is 1.50. The fourth-order valence-electron chi connectivity index (χ4n) is 3.36. The van der Waals surface area contributed by atoms with E-state index in [2.05, 4.69) is 12.2 Å². The predicted molar refractivity (Wildman–Crippen MR) is 55.5 cm³/mol. The van der Waals surface area contributed by atoms with Crippen LogP contribution in [0.25, 0.3) is 0 Å². The highest BCUT2D eigenvalue weighted by Crippen LogP contribution is 2.39. The average molecular weight is 182 g/mol. The van der Waals surface area contributed by atoms with Crippen molar-refractivity contribution in [2.75, 3.05) is 6.54 Å². The Kier molecular flexibility index (Phi) is 2.89. The molecule has 76 valence electrons. The van der Waals surface area contributed by atoms with Gasteiger partial charge in [-0.25, -0.2) is 0 Å². The molecule has 2 saturated carbocycles. The first-order valence-corrected chi connectivity index (χ1v) is 5.80. The molecule has 2 unspecified atom stereocenters. The van der Waals surface area contributed by atoms with Crippen LogP contribution in [0.3, 0.4) is 0 Å². The minimum Gasteiger partial charge on any atom is -0.328 e. The minimum absolute atomic E-state index is 0.491. The molecule has 0 radical (unpaired) electrons.